The van der Waals surface area contributed by atoms with E-state index in [0.717, 1.165) is 42.1 Å². The lowest BCUT2D eigenvalue weighted by Gasteiger charge is -2.25. The number of pyridine rings is 2. The highest BCUT2D eigenvalue weighted by Crippen LogP contribution is 2.34. The van der Waals surface area contributed by atoms with Crippen molar-refractivity contribution < 1.29 is 4.79 Å². The summed E-state index contributed by atoms with van der Waals surface area (Å²) < 4.78 is 0. The summed E-state index contributed by atoms with van der Waals surface area (Å²) in [6.45, 7) is 2.73. The number of carbonyl (C=O) groups excluding carboxylic acids is 1. The molecular formula is C20H20N6O. The van der Waals surface area contributed by atoms with Crippen LogP contribution in [-0.4, -0.2) is 37.5 Å². The maximum atomic E-state index is 12.9. The van der Waals surface area contributed by atoms with E-state index < -0.39 is 0 Å². The highest BCUT2D eigenvalue weighted by molar-refractivity contribution is 5.94. The molecule has 3 aromatic rings. The molecule has 136 valence electrons. The number of nitrogens with one attached hydrogen (secondary N) is 1. The molecule has 0 aromatic carbocycles. The first-order chi connectivity index (χ1) is 13.2. The molecule has 0 bridgehead atoms. The normalized spacial score (nSPS) is 16.3. The van der Waals surface area contributed by atoms with Crippen molar-refractivity contribution in [3.63, 3.8) is 0 Å². The van der Waals surface area contributed by atoms with Gasteiger partial charge in [0.1, 0.15) is 11.6 Å². The Morgan fingerprint density at radius 1 is 1.15 bits per heavy atom. The summed E-state index contributed by atoms with van der Waals surface area (Å²) in [6.07, 6.45) is 8.48. The van der Waals surface area contributed by atoms with E-state index >= 15 is 0 Å². The van der Waals surface area contributed by atoms with Gasteiger partial charge in [0, 0.05) is 18.9 Å². The van der Waals surface area contributed by atoms with Crippen LogP contribution in [0.3, 0.4) is 0 Å². The van der Waals surface area contributed by atoms with Gasteiger partial charge in [0.15, 0.2) is 0 Å². The average Bonchev–Trinajstić information content (AvgIpc) is 3.20. The quantitative estimate of drug-likeness (QED) is 0.768. The molecule has 7 nitrogen and oxygen atoms in total. The second kappa shape index (κ2) is 7.49. The Hall–Kier alpha value is -3.35. The third-order valence-corrected chi connectivity index (χ3v) is 4.77. The van der Waals surface area contributed by atoms with E-state index in [1.807, 2.05) is 36.1 Å². The minimum atomic E-state index is -0.0145. The Morgan fingerprint density at radius 2 is 2.07 bits per heavy atom. The first-order valence-electron chi connectivity index (χ1n) is 8.94. The van der Waals surface area contributed by atoms with Crippen molar-refractivity contribution in [2.24, 2.45) is 0 Å². The third-order valence-electron chi connectivity index (χ3n) is 4.77. The van der Waals surface area contributed by atoms with Gasteiger partial charge < -0.3 is 10.2 Å². The standard InChI is InChI=1S/C20H20N6O/c1-14-4-2-8-22-19(14)25-18-12-15(6-9-21-18)17-5-3-11-26(17)20(27)16-7-10-23-24-13-16/h2,4,6-10,12-13,17H,3,5,11H2,1H3,(H,21,22,25)/t17-/m1/s1. The zero-order valence-electron chi connectivity index (χ0n) is 15.0. The number of hydrogen-bond donors (Lipinski definition) is 1. The third kappa shape index (κ3) is 3.62. The molecule has 27 heavy (non-hydrogen) atoms. The fourth-order valence-electron chi connectivity index (χ4n) is 3.40. The van der Waals surface area contributed by atoms with Crippen molar-refractivity contribution in [1.82, 2.24) is 25.1 Å². The monoisotopic (exact) mass is 360 g/mol. The number of aryl methyl sites for hydroxylation is 1. The van der Waals surface area contributed by atoms with Crippen LogP contribution in [0.5, 0.6) is 0 Å². The predicted octanol–water partition coefficient (Wildman–Crippen LogP) is 3.30. The molecule has 0 spiro atoms. The Bertz CT molecular complexity index is 946. The lowest BCUT2D eigenvalue weighted by Crippen LogP contribution is -2.30. The zero-order valence-corrected chi connectivity index (χ0v) is 15.0. The molecule has 1 amide bonds. The average molecular weight is 360 g/mol. The van der Waals surface area contributed by atoms with Crippen LogP contribution in [-0.2, 0) is 0 Å². The summed E-state index contributed by atoms with van der Waals surface area (Å²) in [5.74, 6) is 1.49. The van der Waals surface area contributed by atoms with Gasteiger partial charge in [0.25, 0.3) is 5.91 Å². The molecule has 1 fully saturated rings. The van der Waals surface area contributed by atoms with Gasteiger partial charge >= 0.3 is 0 Å². The molecule has 1 atom stereocenters. The number of amides is 1. The summed E-state index contributed by atoms with van der Waals surface area (Å²) >= 11 is 0. The molecule has 1 aliphatic heterocycles. The van der Waals surface area contributed by atoms with Crippen LogP contribution in [0.15, 0.2) is 55.1 Å². The van der Waals surface area contributed by atoms with Crippen molar-refractivity contribution in [2.75, 3.05) is 11.9 Å². The largest absolute Gasteiger partial charge is 0.332 e. The number of likely N-dealkylation sites (tertiary alicyclic amines) is 1. The van der Waals surface area contributed by atoms with Crippen LogP contribution in [0, 0.1) is 6.92 Å². The maximum Gasteiger partial charge on any atom is 0.256 e. The van der Waals surface area contributed by atoms with E-state index in [9.17, 15) is 4.79 Å². The maximum absolute atomic E-state index is 12.9. The molecule has 7 heteroatoms. The van der Waals surface area contributed by atoms with Gasteiger partial charge in [-0.25, -0.2) is 9.97 Å². The SMILES string of the molecule is Cc1cccnc1Nc1cc([C@H]2CCCN2C(=O)c2ccnnc2)ccn1. The van der Waals surface area contributed by atoms with E-state index in [-0.39, 0.29) is 11.9 Å². The lowest BCUT2D eigenvalue weighted by molar-refractivity contribution is 0.0735. The summed E-state index contributed by atoms with van der Waals surface area (Å²) in [5, 5.41) is 10.8. The second-order valence-corrected chi connectivity index (χ2v) is 6.56. The van der Waals surface area contributed by atoms with Crippen LogP contribution in [0.2, 0.25) is 0 Å². The van der Waals surface area contributed by atoms with Gasteiger partial charge in [-0.15, -0.1) is 0 Å². The van der Waals surface area contributed by atoms with Crippen molar-refractivity contribution in [2.45, 2.75) is 25.8 Å². The number of hydrogen-bond acceptors (Lipinski definition) is 6. The fourth-order valence-corrected chi connectivity index (χ4v) is 3.40. The molecular weight excluding hydrogens is 340 g/mol. The Balaban J connectivity index is 1.57. The minimum absolute atomic E-state index is 0.0145. The van der Waals surface area contributed by atoms with Crippen LogP contribution >= 0.6 is 0 Å². The number of anilines is 2. The number of aromatic nitrogens is 4. The van der Waals surface area contributed by atoms with E-state index in [1.54, 1.807) is 24.7 Å². The van der Waals surface area contributed by atoms with Crippen LogP contribution in [0.25, 0.3) is 0 Å². The molecule has 4 rings (SSSR count). The van der Waals surface area contributed by atoms with Crippen molar-refractivity contribution >= 4 is 17.5 Å². The fraction of sp³-hybridized carbons (Fsp3) is 0.250. The van der Waals surface area contributed by atoms with Crippen molar-refractivity contribution in [1.29, 1.82) is 0 Å². The summed E-state index contributed by atoms with van der Waals surface area (Å²) in [7, 11) is 0. The first kappa shape index (κ1) is 17.1. The smallest absolute Gasteiger partial charge is 0.256 e. The van der Waals surface area contributed by atoms with Crippen molar-refractivity contribution in [3.8, 4) is 0 Å². The van der Waals surface area contributed by atoms with E-state index in [2.05, 4.69) is 25.5 Å². The van der Waals surface area contributed by atoms with E-state index in [4.69, 9.17) is 0 Å². The van der Waals surface area contributed by atoms with Gasteiger partial charge in [-0.2, -0.15) is 10.2 Å². The van der Waals surface area contributed by atoms with Gasteiger partial charge in [-0.3, -0.25) is 4.79 Å². The van der Waals surface area contributed by atoms with Gasteiger partial charge in [0.05, 0.1) is 24.0 Å². The van der Waals surface area contributed by atoms with Gasteiger partial charge in [-0.05, 0) is 55.2 Å². The molecule has 0 unspecified atom stereocenters. The van der Waals surface area contributed by atoms with E-state index in [0.29, 0.717) is 5.56 Å². The topological polar surface area (TPSA) is 83.9 Å². The van der Waals surface area contributed by atoms with Gasteiger partial charge in [0.2, 0.25) is 0 Å². The Labute approximate surface area is 157 Å². The summed E-state index contributed by atoms with van der Waals surface area (Å²) in [4.78, 5) is 23.5. The van der Waals surface area contributed by atoms with Crippen LogP contribution in [0.1, 0.15) is 40.4 Å². The molecule has 0 saturated carbocycles. The number of rotatable bonds is 4. The second-order valence-electron chi connectivity index (χ2n) is 6.56. The van der Waals surface area contributed by atoms with E-state index in [1.165, 1.54) is 6.20 Å². The minimum Gasteiger partial charge on any atom is -0.332 e. The molecule has 1 N–H and O–H groups in total. The number of nitrogens with zero attached hydrogens (tertiary/aromatic N) is 5. The highest BCUT2D eigenvalue weighted by atomic mass is 16.2. The van der Waals surface area contributed by atoms with Crippen molar-refractivity contribution in [3.05, 3.63) is 71.8 Å². The molecule has 0 aliphatic carbocycles. The predicted molar refractivity (Wildman–Crippen MR) is 102 cm³/mol. The Morgan fingerprint density at radius 3 is 2.89 bits per heavy atom. The molecule has 4 heterocycles. The highest BCUT2D eigenvalue weighted by Gasteiger charge is 2.31. The molecule has 1 aliphatic rings. The first-order valence-corrected chi connectivity index (χ1v) is 8.94. The molecule has 0 radical (unpaired) electrons. The zero-order chi connectivity index (χ0) is 18.6. The van der Waals surface area contributed by atoms with Crippen LogP contribution < -0.4 is 5.32 Å². The lowest BCUT2D eigenvalue weighted by atomic mass is 10.1. The molecule has 1 saturated heterocycles. The number of carbonyl (C=O) groups is 1. The summed E-state index contributed by atoms with van der Waals surface area (Å²) in [5.41, 5.74) is 2.68. The van der Waals surface area contributed by atoms with Gasteiger partial charge in [-0.1, -0.05) is 6.07 Å². The molecule has 3 aromatic heterocycles. The summed E-state index contributed by atoms with van der Waals surface area (Å²) in [6, 6.07) is 9.60. The van der Waals surface area contributed by atoms with Crippen LogP contribution in [0.4, 0.5) is 11.6 Å². The Kier molecular flexibility index (Phi) is 4.74.